The Hall–Kier alpha value is -2.71. The predicted molar refractivity (Wildman–Crippen MR) is 82.0 cm³/mol. The van der Waals surface area contributed by atoms with Crippen LogP contribution in [0.15, 0.2) is 42.5 Å². The summed E-state index contributed by atoms with van der Waals surface area (Å²) in [5.41, 5.74) is -3.66. The molecule has 1 amide bonds. The fraction of sp³-hybridized carbons (Fsp3) is 0.235. The van der Waals surface area contributed by atoms with Crippen molar-refractivity contribution < 1.29 is 35.9 Å². The number of para-hydroxylation sites is 1. The number of carbonyl (C=O) groups excluding carboxylic acids is 1. The second-order valence-electron chi connectivity index (χ2n) is 5.18. The molecule has 140 valence electrons. The van der Waals surface area contributed by atoms with Gasteiger partial charge in [0.25, 0.3) is 5.91 Å². The Morgan fingerprint density at radius 2 is 1.50 bits per heavy atom. The zero-order chi connectivity index (χ0) is 19.5. The molecule has 0 radical (unpaired) electrons. The third-order valence-corrected chi connectivity index (χ3v) is 3.28. The molecule has 0 aromatic heterocycles. The van der Waals surface area contributed by atoms with E-state index in [-0.39, 0.29) is 24.0 Å². The van der Waals surface area contributed by atoms with Gasteiger partial charge in [0.2, 0.25) is 0 Å². The van der Waals surface area contributed by atoms with E-state index < -0.39 is 35.1 Å². The summed E-state index contributed by atoms with van der Waals surface area (Å²) in [6, 6.07) is 6.75. The Balaban J connectivity index is 2.41. The number of hydrogen-bond donors (Lipinski definition) is 1. The smallest absolute Gasteiger partial charge is 0.416 e. The summed E-state index contributed by atoms with van der Waals surface area (Å²) in [5, 5.41) is 2.06. The van der Waals surface area contributed by atoms with Gasteiger partial charge in [-0.05, 0) is 37.3 Å². The van der Waals surface area contributed by atoms with Crippen LogP contribution in [0.2, 0.25) is 0 Å². The minimum absolute atomic E-state index is 0.0101. The van der Waals surface area contributed by atoms with Crippen molar-refractivity contribution in [3.63, 3.8) is 0 Å². The quantitative estimate of drug-likeness (QED) is 0.727. The Kier molecular flexibility index (Phi) is 5.48. The summed E-state index contributed by atoms with van der Waals surface area (Å²) >= 11 is 0. The highest BCUT2D eigenvalue weighted by Gasteiger charge is 2.37. The third-order valence-electron chi connectivity index (χ3n) is 3.28. The van der Waals surface area contributed by atoms with Crippen LogP contribution in [0, 0.1) is 0 Å². The molecule has 26 heavy (non-hydrogen) atoms. The molecule has 0 unspecified atom stereocenters. The first-order valence-electron chi connectivity index (χ1n) is 7.35. The number of alkyl halides is 6. The summed E-state index contributed by atoms with van der Waals surface area (Å²) < 4.78 is 82.4. The lowest BCUT2D eigenvalue weighted by molar-refractivity contribution is -0.143. The molecule has 0 heterocycles. The van der Waals surface area contributed by atoms with Gasteiger partial charge in [0.15, 0.2) is 0 Å². The molecule has 2 aromatic rings. The molecule has 0 atom stereocenters. The van der Waals surface area contributed by atoms with Gasteiger partial charge in [-0.2, -0.15) is 26.3 Å². The average Bonchev–Trinajstić information content (AvgIpc) is 2.53. The van der Waals surface area contributed by atoms with E-state index in [4.69, 9.17) is 4.74 Å². The van der Waals surface area contributed by atoms with E-state index >= 15 is 0 Å². The molecular weight excluding hydrogens is 364 g/mol. The summed E-state index contributed by atoms with van der Waals surface area (Å²) in [7, 11) is 0. The van der Waals surface area contributed by atoms with Crippen molar-refractivity contribution in [3.8, 4) is 5.75 Å². The fourth-order valence-corrected chi connectivity index (χ4v) is 2.16. The molecule has 0 fully saturated rings. The van der Waals surface area contributed by atoms with Crippen molar-refractivity contribution >= 4 is 11.6 Å². The van der Waals surface area contributed by atoms with Crippen LogP contribution in [0.1, 0.15) is 28.4 Å². The van der Waals surface area contributed by atoms with Crippen molar-refractivity contribution in [3.05, 3.63) is 59.2 Å². The van der Waals surface area contributed by atoms with E-state index in [1.165, 1.54) is 18.2 Å². The van der Waals surface area contributed by atoms with Crippen LogP contribution in [0.4, 0.5) is 32.0 Å². The number of amides is 1. The van der Waals surface area contributed by atoms with Crippen LogP contribution in [0.25, 0.3) is 0 Å². The van der Waals surface area contributed by atoms with Crippen molar-refractivity contribution in [1.82, 2.24) is 0 Å². The lowest BCUT2D eigenvalue weighted by atomic mass is 10.1. The molecule has 0 saturated heterocycles. The van der Waals surface area contributed by atoms with Gasteiger partial charge in [0.1, 0.15) is 5.75 Å². The highest BCUT2D eigenvalue weighted by Crippen LogP contribution is 2.37. The number of anilines is 1. The van der Waals surface area contributed by atoms with E-state index in [9.17, 15) is 31.1 Å². The minimum atomic E-state index is -5.00. The average molecular weight is 377 g/mol. The molecule has 0 saturated carbocycles. The number of halogens is 6. The van der Waals surface area contributed by atoms with Gasteiger partial charge in [-0.15, -0.1) is 0 Å². The van der Waals surface area contributed by atoms with E-state index in [1.807, 2.05) is 0 Å². The maximum Gasteiger partial charge on any atom is 0.416 e. The molecular formula is C17H13F6NO2. The summed E-state index contributed by atoms with van der Waals surface area (Å²) in [4.78, 5) is 12.3. The predicted octanol–water partition coefficient (Wildman–Crippen LogP) is 5.38. The standard InChI is InChI=1S/C17H13F6NO2/c1-2-26-14-6-4-3-5-13(14)15(25)24-12-8-10(16(18,19)20)7-11(9-12)17(21,22)23/h3-9H,2H2,1H3,(H,24,25). The number of rotatable bonds is 4. The van der Waals surface area contributed by atoms with Crippen molar-refractivity contribution in [2.45, 2.75) is 19.3 Å². The Labute approximate surface area is 144 Å². The molecule has 2 aromatic carbocycles. The van der Waals surface area contributed by atoms with Crippen LogP contribution in [-0.4, -0.2) is 12.5 Å². The van der Waals surface area contributed by atoms with Gasteiger partial charge in [-0.25, -0.2) is 0 Å². The van der Waals surface area contributed by atoms with Gasteiger partial charge >= 0.3 is 12.4 Å². The van der Waals surface area contributed by atoms with E-state index in [0.717, 1.165) is 0 Å². The fourth-order valence-electron chi connectivity index (χ4n) is 2.16. The molecule has 1 N–H and O–H groups in total. The second-order valence-corrected chi connectivity index (χ2v) is 5.18. The first kappa shape index (κ1) is 19.6. The third kappa shape index (κ3) is 4.68. The molecule has 3 nitrogen and oxygen atoms in total. The zero-order valence-corrected chi connectivity index (χ0v) is 13.3. The van der Waals surface area contributed by atoms with Gasteiger partial charge < -0.3 is 10.1 Å². The Bertz CT molecular complexity index is 766. The minimum Gasteiger partial charge on any atom is -0.493 e. The molecule has 0 spiro atoms. The Morgan fingerprint density at radius 1 is 0.962 bits per heavy atom. The lowest BCUT2D eigenvalue weighted by Gasteiger charge is -2.15. The molecule has 0 aliphatic carbocycles. The Morgan fingerprint density at radius 3 is 2.00 bits per heavy atom. The molecule has 0 aliphatic rings. The van der Waals surface area contributed by atoms with Gasteiger partial charge in [0.05, 0.1) is 23.3 Å². The van der Waals surface area contributed by atoms with Crippen molar-refractivity contribution in [1.29, 1.82) is 0 Å². The first-order chi connectivity index (χ1) is 12.0. The zero-order valence-electron chi connectivity index (χ0n) is 13.3. The summed E-state index contributed by atoms with van der Waals surface area (Å²) in [6.45, 7) is 1.89. The van der Waals surface area contributed by atoms with Crippen LogP contribution < -0.4 is 10.1 Å². The van der Waals surface area contributed by atoms with Gasteiger partial charge in [0, 0.05) is 5.69 Å². The number of benzene rings is 2. The van der Waals surface area contributed by atoms with Crippen LogP contribution >= 0.6 is 0 Å². The van der Waals surface area contributed by atoms with Crippen LogP contribution in [0.5, 0.6) is 5.75 Å². The number of carbonyl (C=O) groups is 1. The number of nitrogens with one attached hydrogen (secondary N) is 1. The maximum atomic E-state index is 12.9. The van der Waals surface area contributed by atoms with E-state index in [2.05, 4.69) is 5.32 Å². The monoisotopic (exact) mass is 377 g/mol. The van der Waals surface area contributed by atoms with Crippen LogP contribution in [-0.2, 0) is 12.4 Å². The molecule has 0 aliphatic heterocycles. The van der Waals surface area contributed by atoms with Gasteiger partial charge in [-0.3, -0.25) is 4.79 Å². The first-order valence-corrected chi connectivity index (χ1v) is 7.35. The van der Waals surface area contributed by atoms with E-state index in [0.29, 0.717) is 12.1 Å². The molecule has 0 bridgehead atoms. The molecule has 2 rings (SSSR count). The van der Waals surface area contributed by atoms with Crippen molar-refractivity contribution in [2.75, 3.05) is 11.9 Å². The highest BCUT2D eigenvalue weighted by molar-refractivity contribution is 6.06. The number of hydrogen-bond acceptors (Lipinski definition) is 2. The van der Waals surface area contributed by atoms with Gasteiger partial charge in [-0.1, -0.05) is 12.1 Å². The summed E-state index contributed by atoms with van der Waals surface area (Å²) in [6.07, 6.45) is -9.99. The lowest BCUT2D eigenvalue weighted by Crippen LogP contribution is -2.16. The largest absolute Gasteiger partial charge is 0.493 e. The number of ether oxygens (including phenoxy) is 1. The summed E-state index contributed by atoms with van der Waals surface area (Å²) in [5.74, 6) is -0.725. The second kappa shape index (κ2) is 7.27. The highest BCUT2D eigenvalue weighted by atomic mass is 19.4. The maximum absolute atomic E-state index is 12.9. The molecule has 9 heteroatoms. The normalized spacial score (nSPS) is 12.0. The topological polar surface area (TPSA) is 38.3 Å². The van der Waals surface area contributed by atoms with E-state index in [1.54, 1.807) is 13.0 Å². The van der Waals surface area contributed by atoms with Crippen LogP contribution in [0.3, 0.4) is 0 Å². The SMILES string of the molecule is CCOc1ccccc1C(=O)Nc1cc(C(F)(F)F)cc(C(F)(F)F)c1. The van der Waals surface area contributed by atoms with Crippen molar-refractivity contribution in [2.24, 2.45) is 0 Å².